The summed E-state index contributed by atoms with van der Waals surface area (Å²) in [5, 5.41) is 7.42. The van der Waals surface area contributed by atoms with Crippen LogP contribution in [0.2, 0.25) is 0 Å². The monoisotopic (exact) mass is 722 g/mol. The Morgan fingerprint density at radius 3 is 1.69 bits per heavy atom. The average molecular weight is 723 g/mol. The largest absolute Gasteiger partial charge is 0.481 e. The van der Waals surface area contributed by atoms with Crippen LogP contribution in [0.25, 0.3) is 0 Å². The first kappa shape index (κ1) is 44.5. The first-order chi connectivity index (χ1) is 23.7. The SMILES string of the molecule is CC(=O)O.CCC(C)(C)C(=O)OC1C2CC3C(=O)OC1C3C2.CCC(C)(C)C(=O)OC1CCCCC1.CCC1(OC(=O)C(C)(C)CC)CCCC1. The second-order valence-electron chi connectivity index (χ2n) is 17.3. The topological polar surface area (TPSA) is 142 Å². The van der Waals surface area contributed by atoms with Gasteiger partial charge in [-0.1, -0.05) is 34.1 Å². The number of aliphatic carboxylic acids is 1. The summed E-state index contributed by atoms with van der Waals surface area (Å²) in [6.07, 6.45) is 15.4. The van der Waals surface area contributed by atoms with Crippen molar-refractivity contribution in [2.75, 3.05) is 0 Å². The van der Waals surface area contributed by atoms with Crippen molar-refractivity contribution >= 4 is 29.8 Å². The van der Waals surface area contributed by atoms with Crippen molar-refractivity contribution in [3.63, 3.8) is 0 Å². The molecule has 1 N–H and O–H groups in total. The van der Waals surface area contributed by atoms with Gasteiger partial charge in [0.05, 0.1) is 22.2 Å². The third-order valence-electron chi connectivity index (χ3n) is 12.3. The van der Waals surface area contributed by atoms with Crippen LogP contribution < -0.4 is 0 Å². The standard InChI is InChI=1S/C14H20O4.C13H24O2.C12H22O2.C2H4O2/c1-4-14(2,3)13(16)18-10-7-5-8-9(6-7)12(15)17-11(8)10;1-5-12(3,4)11(14)15-13(6-2)9-7-8-10-13;1-4-12(2,3)11(13)14-10-8-6-5-7-9-10;1-2(3)4/h7-11H,4-6H2,1-3H3;5-10H2,1-4H3;10H,4-9H2,1-3H3;1H3,(H,3,4). The first-order valence-electron chi connectivity index (χ1n) is 19.7. The molecule has 5 fully saturated rings. The van der Waals surface area contributed by atoms with Gasteiger partial charge in [-0.3, -0.25) is 24.0 Å². The van der Waals surface area contributed by atoms with Crippen LogP contribution in [0.1, 0.15) is 172 Å². The van der Waals surface area contributed by atoms with Crippen LogP contribution in [-0.2, 0) is 42.9 Å². The number of rotatable bonds is 10. The number of carbonyl (C=O) groups excluding carboxylic acids is 4. The van der Waals surface area contributed by atoms with E-state index in [0.717, 1.165) is 71.1 Å². The number of ether oxygens (including phenoxy) is 4. The summed E-state index contributed by atoms with van der Waals surface area (Å²) in [5.41, 5.74) is -1.23. The number of esters is 4. The summed E-state index contributed by atoms with van der Waals surface area (Å²) < 4.78 is 22.3. The lowest BCUT2D eigenvalue weighted by Gasteiger charge is -2.32. The predicted octanol–water partition coefficient (Wildman–Crippen LogP) is 8.99. The Hall–Kier alpha value is -2.65. The summed E-state index contributed by atoms with van der Waals surface area (Å²) in [7, 11) is 0. The van der Waals surface area contributed by atoms with Crippen LogP contribution in [0.5, 0.6) is 0 Å². The Kier molecular flexibility index (Phi) is 16.5. The Morgan fingerprint density at radius 2 is 1.22 bits per heavy atom. The van der Waals surface area contributed by atoms with Gasteiger partial charge in [0.2, 0.25) is 0 Å². The number of carbonyl (C=O) groups is 5. The van der Waals surface area contributed by atoms with Crippen molar-refractivity contribution in [3.05, 3.63) is 0 Å². The van der Waals surface area contributed by atoms with Crippen molar-refractivity contribution in [1.82, 2.24) is 0 Å². The van der Waals surface area contributed by atoms with E-state index in [1.165, 1.54) is 32.1 Å². The van der Waals surface area contributed by atoms with Crippen LogP contribution in [-0.4, -0.2) is 58.9 Å². The molecule has 5 rings (SSSR count). The Labute approximate surface area is 307 Å². The fourth-order valence-corrected chi connectivity index (χ4v) is 7.16. The maximum atomic E-state index is 12.1. The fourth-order valence-electron chi connectivity index (χ4n) is 7.16. The predicted molar refractivity (Wildman–Crippen MR) is 196 cm³/mol. The summed E-state index contributed by atoms with van der Waals surface area (Å²) in [5.74, 6) is -0.421. The second kappa shape index (κ2) is 18.9. The van der Waals surface area contributed by atoms with E-state index in [0.29, 0.717) is 11.8 Å². The zero-order valence-electron chi connectivity index (χ0n) is 33.7. The highest BCUT2D eigenvalue weighted by molar-refractivity contribution is 5.78. The molecular formula is C41H70O10. The molecule has 5 atom stereocenters. The minimum Gasteiger partial charge on any atom is -0.481 e. The van der Waals surface area contributed by atoms with Crippen LogP contribution in [0, 0.1) is 34.0 Å². The van der Waals surface area contributed by atoms with Crippen LogP contribution in [0.15, 0.2) is 0 Å². The van der Waals surface area contributed by atoms with Gasteiger partial charge in [-0.15, -0.1) is 0 Å². The van der Waals surface area contributed by atoms with Gasteiger partial charge in [-0.05, 0) is 131 Å². The van der Waals surface area contributed by atoms with Gasteiger partial charge in [0.25, 0.3) is 5.97 Å². The highest BCUT2D eigenvalue weighted by Gasteiger charge is 2.63. The lowest BCUT2D eigenvalue weighted by atomic mass is 9.87. The molecule has 0 amide bonds. The Morgan fingerprint density at radius 1 is 0.745 bits per heavy atom. The number of hydrogen-bond acceptors (Lipinski definition) is 9. The minimum atomic E-state index is -0.833. The van der Waals surface area contributed by atoms with Gasteiger partial charge in [0, 0.05) is 18.8 Å². The van der Waals surface area contributed by atoms with Crippen molar-refractivity contribution in [3.8, 4) is 0 Å². The third-order valence-corrected chi connectivity index (χ3v) is 12.3. The molecule has 0 aromatic heterocycles. The number of fused-ring (bicyclic) bond motifs is 1. The smallest absolute Gasteiger partial charge is 0.312 e. The van der Waals surface area contributed by atoms with E-state index < -0.39 is 11.4 Å². The summed E-state index contributed by atoms with van der Waals surface area (Å²) in [6, 6.07) is 0. The maximum absolute atomic E-state index is 12.1. The van der Waals surface area contributed by atoms with E-state index in [4.69, 9.17) is 28.8 Å². The molecule has 2 bridgehead atoms. The highest BCUT2D eigenvalue weighted by atomic mass is 16.6. The van der Waals surface area contributed by atoms with E-state index in [9.17, 15) is 19.2 Å². The molecule has 1 saturated heterocycles. The molecule has 10 heteroatoms. The summed E-state index contributed by atoms with van der Waals surface area (Å²) >= 11 is 0. The van der Waals surface area contributed by atoms with Gasteiger partial charge in [-0.2, -0.15) is 0 Å². The van der Waals surface area contributed by atoms with E-state index in [1.807, 2.05) is 62.3 Å². The molecule has 4 saturated carbocycles. The molecule has 51 heavy (non-hydrogen) atoms. The molecule has 0 radical (unpaired) electrons. The van der Waals surface area contributed by atoms with Gasteiger partial charge >= 0.3 is 23.9 Å². The third kappa shape index (κ3) is 12.2. The van der Waals surface area contributed by atoms with Gasteiger partial charge < -0.3 is 24.1 Å². The number of hydrogen-bond donors (Lipinski definition) is 1. The lowest BCUT2D eigenvalue weighted by Crippen LogP contribution is -2.39. The second-order valence-corrected chi connectivity index (χ2v) is 17.3. The van der Waals surface area contributed by atoms with Crippen molar-refractivity contribution < 1.29 is 48.0 Å². The van der Waals surface area contributed by atoms with Gasteiger partial charge in [-0.25, -0.2) is 0 Å². The van der Waals surface area contributed by atoms with E-state index in [2.05, 4.69) is 6.92 Å². The van der Waals surface area contributed by atoms with Gasteiger partial charge in [0.1, 0.15) is 23.9 Å². The quantitative estimate of drug-likeness (QED) is 0.171. The molecule has 5 aliphatic rings. The average Bonchev–Trinajstić information content (AvgIpc) is 3.85. The zero-order valence-corrected chi connectivity index (χ0v) is 33.7. The van der Waals surface area contributed by atoms with E-state index >= 15 is 0 Å². The summed E-state index contributed by atoms with van der Waals surface area (Å²) in [4.78, 5) is 56.5. The normalized spacial score (nSPS) is 26.3. The molecule has 1 aliphatic heterocycles. The maximum Gasteiger partial charge on any atom is 0.312 e. The highest BCUT2D eigenvalue weighted by Crippen LogP contribution is 2.55. The molecule has 0 spiro atoms. The molecule has 10 nitrogen and oxygen atoms in total. The zero-order chi connectivity index (χ0) is 38.8. The summed E-state index contributed by atoms with van der Waals surface area (Å²) in [6.45, 7) is 20.9. The van der Waals surface area contributed by atoms with Crippen LogP contribution >= 0.6 is 0 Å². The van der Waals surface area contributed by atoms with Crippen molar-refractivity contribution in [2.45, 2.75) is 196 Å². The van der Waals surface area contributed by atoms with Crippen molar-refractivity contribution in [1.29, 1.82) is 0 Å². The molecule has 0 aromatic rings. The Bertz CT molecular complexity index is 1170. The Balaban J connectivity index is 0.000000254. The lowest BCUT2D eigenvalue weighted by molar-refractivity contribution is -0.171. The van der Waals surface area contributed by atoms with Crippen LogP contribution in [0.3, 0.4) is 0 Å². The van der Waals surface area contributed by atoms with Crippen LogP contribution in [0.4, 0.5) is 0 Å². The molecular weight excluding hydrogens is 652 g/mol. The van der Waals surface area contributed by atoms with Gasteiger partial charge in [0.15, 0.2) is 0 Å². The molecule has 5 unspecified atom stereocenters. The minimum absolute atomic E-state index is 0.0197. The first-order valence-corrected chi connectivity index (χ1v) is 19.7. The molecule has 4 aliphatic carbocycles. The molecule has 0 aromatic carbocycles. The number of carboxylic acids is 1. The molecule has 1 heterocycles. The molecule has 294 valence electrons. The number of carboxylic acid groups (broad SMARTS) is 1. The van der Waals surface area contributed by atoms with Crippen molar-refractivity contribution in [2.24, 2.45) is 34.0 Å². The fraction of sp³-hybridized carbons (Fsp3) is 0.878. The van der Waals surface area contributed by atoms with E-state index in [-0.39, 0.29) is 64.5 Å². The van der Waals surface area contributed by atoms with E-state index in [1.54, 1.807) is 0 Å².